The summed E-state index contributed by atoms with van der Waals surface area (Å²) in [7, 11) is 0. The third-order valence-electron chi connectivity index (χ3n) is 2.54. The highest BCUT2D eigenvalue weighted by atomic mass is 15.3. The average molecular weight is 189 g/mol. The van der Waals surface area contributed by atoms with E-state index in [1.807, 2.05) is 11.6 Å². The molecule has 2 N–H and O–H groups in total. The van der Waals surface area contributed by atoms with Crippen molar-refractivity contribution in [1.82, 2.24) is 25.3 Å². The van der Waals surface area contributed by atoms with Crippen molar-refractivity contribution in [3.05, 3.63) is 29.3 Å². The Labute approximate surface area is 81.1 Å². The predicted octanol–water partition coefficient (Wildman–Crippen LogP) is 0.507. The van der Waals surface area contributed by atoms with Crippen LogP contribution < -0.4 is 5.32 Å². The van der Waals surface area contributed by atoms with E-state index >= 15 is 0 Å². The predicted molar refractivity (Wildman–Crippen MR) is 51.0 cm³/mol. The fraction of sp³-hybridized carbons (Fsp3) is 0.333. The molecule has 1 aliphatic heterocycles. The molecule has 3 heterocycles. The first-order chi connectivity index (χ1) is 6.84. The van der Waals surface area contributed by atoms with Gasteiger partial charge in [0, 0.05) is 24.8 Å². The molecule has 2 aromatic rings. The Kier molecular flexibility index (Phi) is 1.49. The van der Waals surface area contributed by atoms with Gasteiger partial charge in [-0.2, -0.15) is 10.2 Å². The fourth-order valence-corrected chi connectivity index (χ4v) is 1.76. The highest BCUT2D eigenvalue weighted by Gasteiger charge is 2.15. The molecule has 14 heavy (non-hydrogen) atoms. The summed E-state index contributed by atoms with van der Waals surface area (Å²) in [6.07, 6.45) is 3.86. The van der Waals surface area contributed by atoms with Gasteiger partial charge in [0.25, 0.3) is 0 Å². The van der Waals surface area contributed by atoms with Gasteiger partial charge in [-0.25, -0.2) is 4.68 Å². The number of fused-ring (bicyclic) bond motifs is 1. The number of aromatic nitrogens is 4. The van der Waals surface area contributed by atoms with Crippen LogP contribution in [0.3, 0.4) is 0 Å². The lowest BCUT2D eigenvalue weighted by Crippen LogP contribution is -2.05. The van der Waals surface area contributed by atoms with Crippen LogP contribution >= 0.6 is 0 Å². The quantitative estimate of drug-likeness (QED) is 0.687. The molecule has 3 rings (SSSR count). The van der Waals surface area contributed by atoms with Crippen LogP contribution in [0.15, 0.2) is 12.4 Å². The second kappa shape index (κ2) is 2.68. The molecular weight excluding hydrogens is 178 g/mol. The van der Waals surface area contributed by atoms with Crippen molar-refractivity contribution in [2.24, 2.45) is 0 Å². The minimum Gasteiger partial charge on any atom is -0.307 e. The average Bonchev–Trinajstić information content (AvgIpc) is 2.75. The molecule has 0 fully saturated rings. The molecule has 0 spiro atoms. The van der Waals surface area contributed by atoms with Crippen LogP contribution in [0.5, 0.6) is 0 Å². The monoisotopic (exact) mass is 189 g/mol. The number of hydrogen-bond donors (Lipinski definition) is 2. The van der Waals surface area contributed by atoms with E-state index < -0.39 is 0 Å². The molecule has 0 aromatic carbocycles. The number of hydrogen-bond acceptors (Lipinski definition) is 3. The van der Waals surface area contributed by atoms with Gasteiger partial charge < -0.3 is 5.32 Å². The Balaban J connectivity index is 2.09. The molecule has 0 aliphatic carbocycles. The second-order valence-electron chi connectivity index (χ2n) is 3.53. The largest absolute Gasteiger partial charge is 0.307 e. The Hall–Kier alpha value is -1.62. The molecular formula is C9H11N5. The SMILES string of the molecule is Cc1[nH]ncc1-n1cc2c(n1)CNC2. The number of H-pyrrole nitrogens is 1. The van der Waals surface area contributed by atoms with E-state index in [1.54, 1.807) is 6.20 Å². The minimum absolute atomic E-state index is 0.874. The lowest BCUT2D eigenvalue weighted by Gasteiger charge is -1.98. The highest BCUT2D eigenvalue weighted by Crippen LogP contribution is 2.17. The van der Waals surface area contributed by atoms with Crippen molar-refractivity contribution in [2.45, 2.75) is 20.0 Å². The Bertz CT molecular complexity index is 446. The number of nitrogens with one attached hydrogen (secondary N) is 2. The van der Waals surface area contributed by atoms with E-state index in [-0.39, 0.29) is 0 Å². The summed E-state index contributed by atoms with van der Waals surface area (Å²) in [4.78, 5) is 0. The van der Waals surface area contributed by atoms with Crippen molar-refractivity contribution < 1.29 is 0 Å². The van der Waals surface area contributed by atoms with Gasteiger partial charge >= 0.3 is 0 Å². The summed E-state index contributed by atoms with van der Waals surface area (Å²) >= 11 is 0. The number of aryl methyl sites for hydroxylation is 1. The normalized spacial score (nSPS) is 14.6. The molecule has 5 heteroatoms. The van der Waals surface area contributed by atoms with Crippen LogP contribution in [0, 0.1) is 6.92 Å². The van der Waals surface area contributed by atoms with Gasteiger partial charge in [-0.05, 0) is 6.92 Å². The zero-order chi connectivity index (χ0) is 9.54. The lowest BCUT2D eigenvalue weighted by molar-refractivity contribution is 0.720. The van der Waals surface area contributed by atoms with E-state index in [0.717, 1.165) is 30.2 Å². The van der Waals surface area contributed by atoms with E-state index in [4.69, 9.17) is 0 Å². The topological polar surface area (TPSA) is 58.5 Å². The van der Waals surface area contributed by atoms with Crippen molar-refractivity contribution in [2.75, 3.05) is 0 Å². The molecule has 0 saturated carbocycles. The Morgan fingerprint density at radius 1 is 1.43 bits per heavy atom. The smallest absolute Gasteiger partial charge is 0.105 e. The zero-order valence-corrected chi connectivity index (χ0v) is 7.91. The molecule has 0 unspecified atom stereocenters. The number of nitrogens with zero attached hydrogens (tertiary/aromatic N) is 3. The minimum atomic E-state index is 0.874. The standard InChI is InChI=1S/C9H11N5/c1-6-9(4-11-12-6)14-5-7-2-10-3-8(7)13-14/h4-5,10H,2-3H2,1H3,(H,11,12). The zero-order valence-electron chi connectivity index (χ0n) is 7.91. The summed E-state index contributed by atoms with van der Waals surface area (Å²) in [5, 5.41) is 14.6. The fourth-order valence-electron chi connectivity index (χ4n) is 1.76. The van der Waals surface area contributed by atoms with Gasteiger partial charge in [-0.3, -0.25) is 5.10 Å². The second-order valence-corrected chi connectivity index (χ2v) is 3.53. The van der Waals surface area contributed by atoms with Crippen molar-refractivity contribution in [3.8, 4) is 5.69 Å². The molecule has 2 aromatic heterocycles. The molecule has 0 saturated heterocycles. The summed E-state index contributed by atoms with van der Waals surface area (Å²) in [6.45, 7) is 3.79. The molecule has 0 radical (unpaired) electrons. The maximum Gasteiger partial charge on any atom is 0.105 e. The van der Waals surface area contributed by atoms with Crippen molar-refractivity contribution in [1.29, 1.82) is 0 Å². The van der Waals surface area contributed by atoms with E-state index in [2.05, 4.69) is 26.8 Å². The van der Waals surface area contributed by atoms with Crippen LogP contribution in [-0.4, -0.2) is 20.0 Å². The van der Waals surface area contributed by atoms with Gasteiger partial charge in [0.2, 0.25) is 0 Å². The van der Waals surface area contributed by atoms with E-state index in [0.29, 0.717) is 0 Å². The Morgan fingerprint density at radius 3 is 3.07 bits per heavy atom. The van der Waals surface area contributed by atoms with Gasteiger partial charge in [-0.15, -0.1) is 0 Å². The van der Waals surface area contributed by atoms with Gasteiger partial charge in [0.1, 0.15) is 5.69 Å². The van der Waals surface area contributed by atoms with Gasteiger partial charge in [-0.1, -0.05) is 0 Å². The summed E-state index contributed by atoms with van der Waals surface area (Å²) in [5.74, 6) is 0. The first-order valence-corrected chi connectivity index (χ1v) is 4.63. The number of aromatic amines is 1. The van der Waals surface area contributed by atoms with Crippen LogP contribution in [0.2, 0.25) is 0 Å². The maximum atomic E-state index is 4.49. The van der Waals surface area contributed by atoms with Crippen LogP contribution in [0.25, 0.3) is 5.69 Å². The molecule has 0 bridgehead atoms. The third-order valence-corrected chi connectivity index (χ3v) is 2.54. The van der Waals surface area contributed by atoms with E-state index in [1.165, 1.54) is 5.56 Å². The Morgan fingerprint density at radius 2 is 2.36 bits per heavy atom. The summed E-state index contributed by atoms with van der Waals surface area (Å²) in [6, 6.07) is 0. The molecule has 72 valence electrons. The number of rotatable bonds is 1. The highest BCUT2D eigenvalue weighted by molar-refractivity contribution is 5.35. The van der Waals surface area contributed by atoms with Crippen LogP contribution in [0.1, 0.15) is 17.0 Å². The lowest BCUT2D eigenvalue weighted by atomic mass is 10.3. The van der Waals surface area contributed by atoms with Gasteiger partial charge in [0.05, 0.1) is 17.6 Å². The molecule has 1 aliphatic rings. The first kappa shape index (κ1) is 7.75. The maximum absolute atomic E-state index is 4.49. The molecule has 0 atom stereocenters. The molecule has 5 nitrogen and oxygen atoms in total. The van der Waals surface area contributed by atoms with Crippen molar-refractivity contribution >= 4 is 0 Å². The van der Waals surface area contributed by atoms with Crippen LogP contribution in [-0.2, 0) is 13.1 Å². The molecule has 0 amide bonds. The van der Waals surface area contributed by atoms with Crippen molar-refractivity contribution in [3.63, 3.8) is 0 Å². The van der Waals surface area contributed by atoms with E-state index in [9.17, 15) is 0 Å². The summed E-state index contributed by atoms with van der Waals surface area (Å²) in [5.41, 5.74) is 4.50. The van der Waals surface area contributed by atoms with Crippen LogP contribution in [0.4, 0.5) is 0 Å². The first-order valence-electron chi connectivity index (χ1n) is 4.63. The third kappa shape index (κ3) is 0.990. The summed E-state index contributed by atoms with van der Waals surface area (Å²) < 4.78 is 1.89. The van der Waals surface area contributed by atoms with Gasteiger partial charge in [0.15, 0.2) is 0 Å².